The fourth-order valence-electron chi connectivity index (χ4n) is 2.49. The Morgan fingerprint density at radius 1 is 1.04 bits per heavy atom. The van der Waals surface area contributed by atoms with E-state index in [1.165, 1.54) is 18.3 Å². The second-order valence-corrected chi connectivity index (χ2v) is 5.10. The first-order valence-electron chi connectivity index (χ1n) is 6.66. The average molecular weight is 317 g/mol. The van der Waals surface area contributed by atoms with Gasteiger partial charge in [-0.3, -0.25) is 4.98 Å². The normalized spacial score (nSPS) is 11.0. The summed E-state index contributed by atoms with van der Waals surface area (Å²) in [7, 11) is 0. The Kier molecular flexibility index (Phi) is 3.52. The first-order valence-corrected chi connectivity index (χ1v) is 6.66. The molecule has 1 N–H and O–H groups in total. The molecule has 0 saturated heterocycles. The lowest BCUT2D eigenvalue weighted by atomic mass is 9.98. The molecule has 1 aromatic heterocycles. The second-order valence-electron chi connectivity index (χ2n) is 5.10. The zero-order chi connectivity index (χ0) is 16.7. The molecule has 2 aromatic carbocycles. The van der Waals surface area contributed by atoms with Crippen LogP contribution in [0.1, 0.15) is 15.9 Å². The summed E-state index contributed by atoms with van der Waals surface area (Å²) < 4.78 is 41.2. The van der Waals surface area contributed by atoms with E-state index in [0.717, 1.165) is 5.56 Å². The van der Waals surface area contributed by atoms with E-state index >= 15 is 0 Å². The van der Waals surface area contributed by atoms with E-state index in [9.17, 15) is 18.0 Å². The van der Waals surface area contributed by atoms with Gasteiger partial charge in [0.25, 0.3) is 0 Å². The minimum atomic E-state index is -1.17. The fourth-order valence-corrected chi connectivity index (χ4v) is 2.49. The van der Waals surface area contributed by atoms with Gasteiger partial charge >= 0.3 is 5.97 Å². The topological polar surface area (TPSA) is 50.2 Å². The number of aryl methyl sites for hydroxylation is 1. The van der Waals surface area contributed by atoms with Gasteiger partial charge in [-0.1, -0.05) is 6.07 Å². The molecular formula is C17H10F3NO2. The van der Waals surface area contributed by atoms with Crippen molar-refractivity contribution in [3.63, 3.8) is 0 Å². The predicted octanol–water partition coefficient (Wildman–Crippen LogP) is 4.33. The molecule has 6 heteroatoms. The summed E-state index contributed by atoms with van der Waals surface area (Å²) in [6, 6.07) is 5.38. The molecule has 23 heavy (non-hydrogen) atoms. The van der Waals surface area contributed by atoms with Gasteiger partial charge in [0.15, 0.2) is 0 Å². The summed E-state index contributed by atoms with van der Waals surface area (Å²) in [5, 5.41) is 10.0. The van der Waals surface area contributed by atoms with Gasteiger partial charge in [-0.25, -0.2) is 18.0 Å². The van der Waals surface area contributed by atoms with E-state index in [1.54, 1.807) is 13.0 Å². The summed E-state index contributed by atoms with van der Waals surface area (Å²) in [5.74, 6) is -4.40. The van der Waals surface area contributed by atoms with Crippen molar-refractivity contribution in [2.24, 2.45) is 0 Å². The number of benzene rings is 2. The molecule has 3 rings (SSSR count). The Labute approximate surface area is 129 Å². The van der Waals surface area contributed by atoms with Crippen LogP contribution in [0.5, 0.6) is 0 Å². The van der Waals surface area contributed by atoms with Gasteiger partial charge in [0.2, 0.25) is 0 Å². The van der Waals surface area contributed by atoms with E-state index in [0.29, 0.717) is 17.5 Å². The maximum Gasteiger partial charge on any atom is 0.335 e. The highest BCUT2D eigenvalue weighted by Crippen LogP contribution is 2.33. The Hall–Kier alpha value is -2.89. The lowest BCUT2D eigenvalue weighted by Crippen LogP contribution is -2.00. The molecule has 116 valence electrons. The molecule has 0 spiro atoms. The number of carbonyl (C=O) groups is 1. The summed E-state index contributed by atoms with van der Waals surface area (Å²) in [6.45, 7) is 1.75. The van der Waals surface area contributed by atoms with Crippen molar-refractivity contribution in [2.45, 2.75) is 6.92 Å². The summed E-state index contributed by atoms with van der Waals surface area (Å²) in [6.07, 6.45) is 1.43. The zero-order valence-electron chi connectivity index (χ0n) is 11.9. The standard InChI is InChI=1S/C17H10F3NO2/c1-8-7-21-16(15-13(19)5-10(18)6-14(15)20)12-4-9(17(22)23)2-3-11(8)12/h2-7H,1H3,(H,22,23). The van der Waals surface area contributed by atoms with Crippen LogP contribution in [0.25, 0.3) is 22.0 Å². The number of pyridine rings is 1. The number of carboxylic acids is 1. The molecule has 0 amide bonds. The Balaban J connectivity index is 2.40. The highest BCUT2D eigenvalue weighted by molar-refractivity contribution is 6.01. The van der Waals surface area contributed by atoms with Crippen LogP contribution in [0, 0.1) is 24.4 Å². The number of halogens is 3. The molecule has 3 nitrogen and oxygen atoms in total. The molecule has 0 aliphatic heterocycles. The van der Waals surface area contributed by atoms with E-state index in [1.807, 2.05) is 0 Å². The molecule has 0 atom stereocenters. The number of aromatic carboxylic acids is 1. The minimum Gasteiger partial charge on any atom is -0.478 e. The highest BCUT2D eigenvalue weighted by atomic mass is 19.1. The van der Waals surface area contributed by atoms with Gasteiger partial charge in [-0.2, -0.15) is 0 Å². The molecule has 0 bridgehead atoms. The molecule has 3 aromatic rings. The monoisotopic (exact) mass is 317 g/mol. The number of hydrogen-bond donors (Lipinski definition) is 1. The average Bonchev–Trinajstić information content (AvgIpc) is 2.48. The van der Waals surface area contributed by atoms with Crippen LogP contribution in [0.3, 0.4) is 0 Å². The van der Waals surface area contributed by atoms with Crippen molar-refractivity contribution in [3.05, 3.63) is 65.1 Å². The maximum atomic E-state index is 14.0. The largest absolute Gasteiger partial charge is 0.478 e. The molecule has 0 unspecified atom stereocenters. The number of aromatic nitrogens is 1. The van der Waals surface area contributed by atoms with Crippen molar-refractivity contribution in [1.82, 2.24) is 4.98 Å². The molecule has 0 fully saturated rings. The lowest BCUT2D eigenvalue weighted by molar-refractivity contribution is 0.0697. The van der Waals surface area contributed by atoms with Crippen LogP contribution >= 0.6 is 0 Å². The number of fused-ring (bicyclic) bond motifs is 1. The van der Waals surface area contributed by atoms with Crippen molar-refractivity contribution in [3.8, 4) is 11.3 Å². The first kappa shape index (κ1) is 15.0. The first-order chi connectivity index (χ1) is 10.9. The van der Waals surface area contributed by atoms with Crippen LogP contribution in [0.15, 0.2) is 36.5 Å². The lowest BCUT2D eigenvalue weighted by Gasteiger charge is -2.11. The molecule has 0 saturated carbocycles. The van der Waals surface area contributed by atoms with Gasteiger partial charge in [-0.05, 0) is 30.0 Å². The third-order valence-corrected chi connectivity index (χ3v) is 3.58. The molecule has 0 aliphatic carbocycles. The van der Waals surface area contributed by atoms with Gasteiger partial charge in [0, 0.05) is 23.7 Å². The van der Waals surface area contributed by atoms with Crippen LogP contribution in [0.2, 0.25) is 0 Å². The number of rotatable bonds is 2. The summed E-state index contributed by atoms with van der Waals surface area (Å²) >= 11 is 0. The third kappa shape index (κ3) is 2.52. The SMILES string of the molecule is Cc1cnc(-c2c(F)cc(F)cc2F)c2cc(C(=O)O)ccc12. The predicted molar refractivity (Wildman–Crippen MR) is 78.7 cm³/mol. The van der Waals surface area contributed by atoms with E-state index in [-0.39, 0.29) is 16.6 Å². The third-order valence-electron chi connectivity index (χ3n) is 3.58. The van der Waals surface area contributed by atoms with Crippen LogP contribution < -0.4 is 0 Å². The number of hydrogen-bond acceptors (Lipinski definition) is 2. The minimum absolute atomic E-state index is 0.0333. The maximum absolute atomic E-state index is 14.0. The fraction of sp³-hybridized carbons (Fsp3) is 0.0588. The van der Waals surface area contributed by atoms with Crippen molar-refractivity contribution >= 4 is 16.7 Å². The van der Waals surface area contributed by atoms with Crippen LogP contribution in [-0.2, 0) is 0 Å². The molecular weight excluding hydrogens is 307 g/mol. The van der Waals surface area contributed by atoms with Gasteiger partial charge in [0.05, 0.1) is 16.8 Å². The van der Waals surface area contributed by atoms with Gasteiger partial charge in [0.1, 0.15) is 17.5 Å². The Bertz CT molecular complexity index is 931. The highest BCUT2D eigenvalue weighted by Gasteiger charge is 2.19. The molecule has 0 aliphatic rings. The summed E-state index contributed by atoms with van der Waals surface area (Å²) in [4.78, 5) is 15.2. The van der Waals surface area contributed by atoms with Crippen molar-refractivity contribution < 1.29 is 23.1 Å². The Morgan fingerprint density at radius 2 is 1.70 bits per heavy atom. The van der Waals surface area contributed by atoms with Crippen LogP contribution in [0.4, 0.5) is 13.2 Å². The van der Waals surface area contributed by atoms with Crippen molar-refractivity contribution in [2.75, 3.05) is 0 Å². The quantitative estimate of drug-likeness (QED) is 0.765. The summed E-state index contributed by atoms with van der Waals surface area (Å²) in [5.41, 5.74) is 0.139. The van der Waals surface area contributed by atoms with Crippen LogP contribution in [-0.4, -0.2) is 16.1 Å². The zero-order valence-corrected chi connectivity index (χ0v) is 11.9. The van der Waals surface area contributed by atoms with Gasteiger partial charge < -0.3 is 5.11 Å². The Morgan fingerprint density at radius 3 is 2.30 bits per heavy atom. The van der Waals surface area contributed by atoms with Gasteiger partial charge in [-0.15, -0.1) is 0 Å². The van der Waals surface area contributed by atoms with E-state index in [4.69, 9.17) is 5.11 Å². The molecule has 0 radical (unpaired) electrons. The van der Waals surface area contributed by atoms with E-state index in [2.05, 4.69) is 4.98 Å². The second kappa shape index (κ2) is 5.39. The van der Waals surface area contributed by atoms with E-state index < -0.39 is 29.0 Å². The molecule has 1 heterocycles. The van der Waals surface area contributed by atoms with Crippen molar-refractivity contribution in [1.29, 1.82) is 0 Å². The number of carboxylic acid groups (broad SMARTS) is 1. The number of nitrogens with zero attached hydrogens (tertiary/aromatic N) is 1. The smallest absolute Gasteiger partial charge is 0.335 e.